The van der Waals surface area contributed by atoms with Crippen molar-refractivity contribution in [2.24, 2.45) is 0 Å². The zero-order chi connectivity index (χ0) is 16.9. The smallest absolute Gasteiger partial charge is 0.276 e. The molecule has 2 aromatic heterocycles. The van der Waals surface area contributed by atoms with E-state index in [4.69, 9.17) is 0 Å². The average Bonchev–Trinajstić information content (AvgIpc) is 2.59. The van der Waals surface area contributed by atoms with Crippen molar-refractivity contribution in [3.05, 3.63) is 88.4 Å². The predicted octanol–water partition coefficient (Wildman–Crippen LogP) is 2.08. The topological polar surface area (TPSA) is 76.9 Å². The van der Waals surface area contributed by atoms with Crippen LogP contribution in [0.15, 0.2) is 65.7 Å². The molecule has 0 spiro atoms. The maximum Gasteiger partial charge on any atom is 0.276 e. The average molecular weight is 324 g/mol. The lowest BCUT2D eigenvalue weighted by Crippen LogP contribution is -2.26. The first kappa shape index (κ1) is 15.5. The Hall–Kier alpha value is -3.35. The first-order valence-electron chi connectivity index (χ1n) is 7.16. The highest BCUT2D eigenvalue weighted by molar-refractivity contribution is 6.02. The minimum Gasteiger partial charge on any atom is -0.320 e. The van der Waals surface area contributed by atoms with Crippen LogP contribution in [0.5, 0.6) is 0 Å². The molecule has 0 unspecified atom stereocenters. The van der Waals surface area contributed by atoms with E-state index in [2.05, 4.69) is 15.4 Å². The molecule has 0 radical (unpaired) electrons. The van der Waals surface area contributed by atoms with Crippen LogP contribution < -0.4 is 10.9 Å². The Morgan fingerprint density at radius 3 is 2.46 bits per heavy atom. The third-order valence-electron chi connectivity index (χ3n) is 3.28. The molecule has 2 heterocycles. The Bertz CT molecular complexity index is 908. The minimum atomic E-state index is -0.436. The van der Waals surface area contributed by atoms with E-state index in [9.17, 15) is 14.0 Å². The number of hydrogen-bond donors (Lipinski definition) is 1. The molecule has 0 fully saturated rings. The molecule has 0 aliphatic heterocycles. The molecule has 0 bridgehead atoms. The molecule has 3 rings (SSSR count). The Morgan fingerprint density at radius 2 is 1.75 bits per heavy atom. The van der Waals surface area contributed by atoms with Gasteiger partial charge in [-0.25, -0.2) is 9.07 Å². The lowest BCUT2D eigenvalue weighted by molar-refractivity contribution is 0.102. The molecule has 0 aliphatic rings. The monoisotopic (exact) mass is 324 g/mol. The van der Waals surface area contributed by atoms with Crippen LogP contribution in [0.4, 0.5) is 10.1 Å². The normalized spacial score (nSPS) is 10.4. The fourth-order valence-corrected chi connectivity index (χ4v) is 2.08. The summed E-state index contributed by atoms with van der Waals surface area (Å²) in [5.74, 6) is -0.793. The Balaban J connectivity index is 1.81. The number of carbonyl (C=O) groups excluding carboxylic acids is 1. The Kier molecular flexibility index (Phi) is 4.42. The van der Waals surface area contributed by atoms with E-state index >= 15 is 0 Å². The molecule has 0 saturated heterocycles. The molecular formula is C17H13FN4O2. The van der Waals surface area contributed by atoms with Gasteiger partial charge >= 0.3 is 0 Å². The molecular weight excluding hydrogens is 311 g/mol. The van der Waals surface area contributed by atoms with Crippen molar-refractivity contribution in [3.8, 4) is 0 Å². The highest BCUT2D eigenvalue weighted by Crippen LogP contribution is 2.06. The zero-order valence-electron chi connectivity index (χ0n) is 12.5. The van der Waals surface area contributed by atoms with Crippen LogP contribution in [-0.2, 0) is 6.54 Å². The summed E-state index contributed by atoms with van der Waals surface area (Å²) in [5.41, 5.74) is 1.04. The quantitative estimate of drug-likeness (QED) is 0.797. The predicted molar refractivity (Wildman–Crippen MR) is 86.2 cm³/mol. The van der Waals surface area contributed by atoms with Gasteiger partial charge in [-0.15, -0.1) is 0 Å². The largest absolute Gasteiger partial charge is 0.320 e. The van der Waals surface area contributed by atoms with Gasteiger partial charge in [-0.1, -0.05) is 12.1 Å². The van der Waals surface area contributed by atoms with Gasteiger partial charge in [0.1, 0.15) is 11.5 Å². The van der Waals surface area contributed by atoms with Crippen LogP contribution in [-0.4, -0.2) is 20.7 Å². The molecule has 1 amide bonds. The van der Waals surface area contributed by atoms with Crippen molar-refractivity contribution >= 4 is 11.6 Å². The van der Waals surface area contributed by atoms with Crippen LogP contribution in [0.1, 0.15) is 16.1 Å². The van der Waals surface area contributed by atoms with E-state index in [1.807, 2.05) is 0 Å². The maximum absolute atomic E-state index is 12.9. The Labute approximate surface area is 136 Å². The second kappa shape index (κ2) is 6.82. The number of benzene rings is 1. The summed E-state index contributed by atoms with van der Waals surface area (Å²) >= 11 is 0. The molecule has 0 atom stereocenters. The van der Waals surface area contributed by atoms with Crippen LogP contribution in [0.2, 0.25) is 0 Å². The number of halogens is 1. The second-order valence-electron chi connectivity index (χ2n) is 5.03. The molecule has 0 saturated carbocycles. The van der Waals surface area contributed by atoms with E-state index in [0.717, 1.165) is 4.68 Å². The molecule has 0 aliphatic carbocycles. The second-order valence-corrected chi connectivity index (χ2v) is 5.03. The number of anilines is 1. The van der Waals surface area contributed by atoms with Crippen molar-refractivity contribution in [2.45, 2.75) is 6.54 Å². The summed E-state index contributed by atoms with van der Waals surface area (Å²) in [7, 11) is 0. The number of aromatic nitrogens is 3. The lowest BCUT2D eigenvalue weighted by atomic mass is 10.2. The van der Waals surface area contributed by atoms with Crippen LogP contribution in [0.3, 0.4) is 0 Å². The summed E-state index contributed by atoms with van der Waals surface area (Å²) in [5, 5.41) is 6.74. The summed E-state index contributed by atoms with van der Waals surface area (Å²) in [6.07, 6.45) is 3.11. The number of carbonyl (C=O) groups is 1. The van der Waals surface area contributed by atoms with Gasteiger partial charge in [0, 0.05) is 24.1 Å². The Morgan fingerprint density at radius 1 is 1.04 bits per heavy atom. The third-order valence-corrected chi connectivity index (χ3v) is 3.28. The van der Waals surface area contributed by atoms with Crippen LogP contribution in [0, 0.1) is 5.82 Å². The number of hydrogen-bond acceptors (Lipinski definition) is 4. The van der Waals surface area contributed by atoms with E-state index in [1.54, 1.807) is 36.7 Å². The van der Waals surface area contributed by atoms with Crippen molar-refractivity contribution in [3.63, 3.8) is 0 Å². The molecule has 1 N–H and O–H groups in total. The lowest BCUT2D eigenvalue weighted by Gasteiger charge is -2.08. The molecule has 120 valence electrons. The summed E-state index contributed by atoms with van der Waals surface area (Å²) in [6, 6.07) is 11.7. The minimum absolute atomic E-state index is 0.105. The SMILES string of the molecule is O=C(Nc1ccncc1)c1ccc(=O)n(Cc2ccc(F)cc2)n1. The summed E-state index contributed by atoms with van der Waals surface area (Å²) in [6.45, 7) is 0.148. The van der Waals surface area contributed by atoms with Crippen molar-refractivity contribution in [2.75, 3.05) is 5.32 Å². The molecule has 3 aromatic rings. The standard InChI is InChI=1S/C17H13FN4O2/c18-13-3-1-12(2-4-13)11-22-16(23)6-5-15(21-22)17(24)20-14-7-9-19-10-8-14/h1-10H,11H2,(H,19,20,24). The van der Waals surface area contributed by atoms with Gasteiger partial charge in [0.15, 0.2) is 0 Å². The first-order chi connectivity index (χ1) is 11.6. The molecule has 6 nitrogen and oxygen atoms in total. The first-order valence-corrected chi connectivity index (χ1v) is 7.16. The van der Waals surface area contributed by atoms with Gasteiger partial charge in [-0.3, -0.25) is 14.6 Å². The van der Waals surface area contributed by atoms with E-state index < -0.39 is 5.91 Å². The number of nitrogens with one attached hydrogen (secondary N) is 1. The van der Waals surface area contributed by atoms with Gasteiger partial charge in [0.05, 0.1) is 6.54 Å². The molecule has 24 heavy (non-hydrogen) atoms. The van der Waals surface area contributed by atoms with Crippen molar-refractivity contribution in [1.29, 1.82) is 0 Å². The number of nitrogens with zero attached hydrogens (tertiary/aromatic N) is 3. The summed E-state index contributed by atoms with van der Waals surface area (Å²) in [4.78, 5) is 28.0. The van der Waals surface area contributed by atoms with Gasteiger partial charge in [0.2, 0.25) is 0 Å². The van der Waals surface area contributed by atoms with Crippen molar-refractivity contribution in [1.82, 2.24) is 14.8 Å². The van der Waals surface area contributed by atoms with Gasteiger partial charge in [-0.05, 0) is 35.9 Å². The fourth-order valence-electron chi connectivity index (χ4n) is 2.08. The zero-order valence-corrected chi connectivity index (χ0v) is 12.5. The van der Waals surface area contributed by atoms with Gasteiger partial charge < -0.3 is 5.32 Å². The van der Waals surface area contributed by atoms with Crippen molar-refractivity contribution < 1.29 is 9.18 Å². The number of pyridine rings is 1. The van der Waals surface area contributed by atoms with E-state index in [0.29, 0.717) is 11.3 Å². The van der Waals surface area contributed by atoms with Crippen LogP contribution in [0.25, 0.3) is 0 Å². The number of amides is 1. The van der Waals surface area contributed by atoms with E-state index in [-0.39, 0.29) is 23.6 Å². The van der Waals surface area contributed by atoms with Gasteiger partial charge in [0.25, 0.3) is 11.5 Å². The number of rotatable bonds is 4. The summed E-state index contributed by atoms with van der Waals surface area (Å²) < 4.78 is 14.1. The fraction of sp³-hybridized carbons (Fsp3) is 0.0588. The third kappa shape index (κ3) is 3.70. The highest BCUT2D eigenvalue weighted by atomic mass is 19.1. The van der Waals surface area contributed by atoms with Crippen LogP contribution >= 0.6 is 0 Å². The highest BCUT2D eigenvalue weighted by Gasteiger charge is 2.10. The maximum atomic E-state index is 12.9. The van der Waals surface area contributed by atoms with E-state index in [1.165, 1.54) is 24.3 Å². The molecule has 7 heteroatoms. The molecule has 1 aromatic carbocycles. The van der Waals surface area contributed by atoms with Gasteiger partial charge in [-0.2, -0.15) is 5.10 Å².